The number of phosphoric acid groups is 3. The van der Waals surface area contributed by atoms with Crippen molar-refractivity contribution in [1.29, 1.82) is 0 Å². The van der Waals surface area contributed by atoms with Crippen LogP contribution in [-0.4, -0.2) is 78.4 Å². The fraction of sp³-hybridized carbons (Fsp3) is 0.583. The van der Waals surface area contributed by atoms with Gasteiger partial charge in [0.05, 0.1) is 12.9 Å². The first-order chi connectivity index (χ1) is 15.7. The molecule has 0 bridgehead atoms. The van der Waals surface area contributed by atoms with Crippen molar-refractivity contribution < 1.29 is 60.6 Å². The SMILES string of the molecule is COC1C(O)C(CO[P@](=O)(O)OP(=O)(O)OP(=O)(O)OC)OC1n1cnc2c(=O)[nH]c(N)nc21. The molecular formula is C12H20N5O14P3. The molecule has 6 unspecified atom stereocenters. The van der Waals surface area contributed by atoms with Crippen LogP contribution in [0.15, 0.2) is 11.1 Å². The Kier molecular flexibility index (Phi) is 7.82. The molecule has 22 heteroatoms. The minimum Gasteiger partial charge on any atom is -0.387 e. The summed E-state index contributed by atoms with van der Waals surface area (Å²) in [5.74, 6) is -0.221. The summed E-state index contributed by atoms with van der Waals surface area (Å²) in [5.41, 5.74) is 4.81. The maximum absolute atomic E-state index is 12.0. The van der Waals surface area contributed by atoms with E-state index in [0.29, 0.717) is 7.11 Å². The van der Waals surface area contributed by atoms with Crippen molar-refractivity contribution in [1.82, 2.24) is 19.5 Å². The molecule has 0 radical (unpaired) electrons. The number of nitrogens with zero attached hydrogens (tertiary/aromatic N) is 3. The zero-order valence-corrected chi connectivity index (χ0v) is 19.9. The summed E-state index contributed by atoms with van der Waals surface area (Å²) in [7, 11) is -14.2. The van der Waals surface area contributed by atoms with E-state index in [0.717, 1.165) is 0 Å². The van der Waals surface area contributed by atoms with Crippen molar-refractivity contribution >= 4 is 40.6 Å². The first kappa shape index (κ1) is 27.0. The van der Waals surface area contributed by atoms with Crippen LogP contribution in [-0.2, 0) is 40.8 Å². The van der Waals surface area contributed by atoms with Crippen LogP contribution < -0.4 is 11.3 Å². The van der Waals surface area contributed by atoms with Gasteiger partial charge >= 0.3 is 23.5 Å². The lowest BCUT2D eigenvalue weighted by Gasteiger charge is -2.20. The topological polar surface area (TPSA) is 277 Å². The number of aromatic amines is 1. The molecule has 1 aliphatic heterocycles. The standard InChI is InChI=1S/C12H20N5O14P3/c1-26-8-7(18)5(3-28-33(22,23)31-34(24,25)30-32(20,21)27-2)29-11(8)17-4-14-6-9(17)15-12(13)16-10(6)19/h4-5,7-8,11,18H,3H2,1-2H3,(H,20,21)(H,22,23)(H,24,25)(H3,13,15,16,19). The van der Waals surface area contributed by atoms with Crippen LogP contribution in [0.5, 0.6) is 0 Å². The Bertz CT molecular complexity index is 1250. The molecule has 0 saturated carbocycles. The molecule has 19 nitrogen and oxygen atoms in total. The number of fused-ring (bicyclic) bond motifs is 1. The van der Waals surface area contributed by atoms with Crippen molar-refractivity contribution in [2.45, 2.75) is 24.5 Å². The lowest BCUT2D eigenvalue weighted by Crippen LogP contribution is -2.35. The van der Waals surface area contributed by atoms with Crippen molar-refractivity contribution in [2.24, 2.45) is 0 Å². The molecule has 0 aromatic carbocycles. The molecule has 34 heavy (non-hydrogen) atoms. The second kappa shape index (κ2) is 9.83. The van der Waals surface area contributed by atoms with Crippen LogP contribution in [0, 0.1) is 0 Å². The number of aliphatic hydroxyl groups is 1. The van der Waals surface area contributed by atoms with E-state index in [1.54, 1.807) is 0 Å². The number of phosphoric ester groups is 2. The van der Waals surface area contributed by atoms with Gasteiger partial charge in [-0.05, 0) is 0 Å². The number of nitrogen functional groups attached to an aromatic ring is 1. The van der Waals surface area contributed by atoms with Crippen LogP contribution in [0.3, 0.4) is 0 Å². The van der Waals surface area contributed by atoms with E-state index in [4.69, 9.17) is 20.1 Å². The van der Waals surface area contributed by atoms with Gasteiger partial charge in [0.2, 0.25) is 5.95 Å². The van der Waals surface area contributed by atoms with Crippen molar-refractivity contribution in [2.75, 3.05) is 26.6 Å². The molecule has 2 aromatic heterocycles. The molecule has 0 amide bonds. The Morgan fingerprint density at radius 2 is 1.82 bits per heavy atom. The smallest absolute Gasteiger partial charge is 0.387 e. The summed E-state index contributed by atoms with van der Waals surface area (Å²) in [6.07, 6.45) is -3.99. The van der Waals surface area contributed by atoms with Gasteiger partial charge in [0.1, 0.15) is 18.3 Å². The minimum absolute atomic E-state index is 0.0109. The van der Waals surface area contributed by atoms with Crippen molar-refractivity contribution in [3.63, 3.8) is 0 Å². The first-order valence-corrected chi connectivity index (χ1v) is 13.4. The van der Waals surface area contributed by atoms with E-state index in [-0.39, 0.29) is 17.1 Å². The van der Waals surface area contributed by atoms with Gasteiger partial charge in [-0.25, -0.2) is 18.7 Å². The fourth-order valence-corrected chi connectivity index (χ4v) is 6.23. The molecule has 0 aliphatic carbocycles. The average molecular weight is 551 g/mol. The lowest BCUT2D eigenvalue weighted by atomic mass is 10.1. The maximum atomic E-state index is 12.0. The van der Waals surface area contributed by atoms with E-state index in [1.165, 1.54) is 18.0 Å². The second-order valence-corrected chi connectivity index (χ2v) is 11.3. The van der Waals surface area contributed by atoms with Crippen LogP contribution in [0.25, 0.3) is 11.2 Å². The Labute approximate surface area is 189 Å². The highest BCUT2D eigenvalue weighted by atomic mass is 31.3. The third-order valence-electron chi connectivity index (χ3n) is 4.36. The largest absolute Gasteiger partial charge is 0.490 e. The van der Waals surface area contributed by atoms with E-state index < -0.39 is 60.2 Å². The predicted octanol–water partition coefficient (Wildman–Crippen LogP) is -1.03. The van der Waals surface area contributed by atoms with E-state index in [9.17, 15) is 33.4 Å². The molecule has 7 atom stereocenters. The quantitative estimate of drug-likeness (QED) is 0.193. The van der Waals surface area contributed by atoms with Crippen LogP contribution in [0.2, 0.25) is 0 Å². The fourth-order valence-electron chi connectivity index (χ4n) is 2.96. The second-order valence-electron chi connectivity index (χ2n) is 6.58. The molecule has 1 aliphatic rings. The van der Waals surface area contributed by atoms with Crippen LogP contribution in [0.1, 0.15) is 6.23 Å². The zero-order valence-electron chi connectivity index (χ0n) is 17.2. The first-order valence-electron chi connectivity index (χ1n) is 8.88. The predicted molar refractivity (Wildman–Crippen MR) is 108 cm³/mol. The summed E-state index contributed by atoms with van der Waals surface area (Å²) >= 11 is 0. The minimum atomic E-state index is -5.60. The summed E-state index contributed by atoms with van der Waals surface area (Å²) in [5, 5.41) is 10.5. The normalized spacial score (nSPS) is 28.4. The number of H-pyrrole nitrogens is 1. The van der Waals surface area contributed by atoms with E-state index in [2.05, 4.69) is 32.6 Å². The van der Waals surface area contributed by atoms with Crippen molar-refractivity contribution in [3.8, 4) is 0 Å². The molecule has 2 aromatic rings. The highest BCUT2D eigenvalue weighted by Gasteiger charge is 2.48. The molecule has 0 spiro atoms. The van der Waals surface area contributed by atoms with Gasteiger partial charge in [-0.2, -0.15) is 13.6 Å². The Hall–Kier alpha value is -1.56. The van der Waals surface area contributed by atoms with E-state index in [1.807, 2.05) is 0 Å². The number of nitrogens with one attached hydrogen (secondary N) is 1. The number of methoxy groups -OCH3 is 1. The molecule has 192 valence electrons. The molecule has 3 heterocycles. The van der Waals surface area contributed by atoms with Gasteiger partial charge in [0.25, 0.3) is 5.56 Å². The number of nitrogens with two attached hydrogens (primary N) is 1. The number of hydrogen-bond acceptors (Lipinski definition) is 14. The average Bonchev–Trinajstić information content (AvgIpc) is 3.25. The molecule has 3 rings (SSSR count). The Morgan fingerprint density at radius 3 is 2.44 bits per heavy atom. The third-order valence-corrected chi connectivity index (χ3v) is 8.59. The summed E-state index contributed by atoms with van der Waals surface area (Å²) < 4.78 is 63.1. The van der Waals surface area contributed by atoms with Gasteiger partial charge in [0, 0.05) is 14.2 Å². The summed E-state index contributed by atoms with van der Waals surface area (Å²) in [4.78, 5) is 50.2. The Morgan fingerprint density at radius 1 is 1.18 bits per heavy atom. The van der Waals surface area contributed by atoms with Gasteiger partial charge in [-0.1, -0.05) is 0 Å². The van der Waals surface area contributed by atoms with Gasteiger partial charge in [0.15, 0.2) is 17.4 Å². The van der Waals surface area contributed by atoms with E-state index >= 15 is 0 Å². The lowest BCUT2D eigenvalue weighted by molar-refractivity contribution is -0.0577. The van der Waals surface area contributed by atoms with Gasteiger partial charge < -0.3 is 35.0 Å². The highest BCUT2D eigenvalue weighted by molar-refractivity contribution is 7.66. The van der Waals surface area contributed by atoms with Crippen LogP contribution >= 0.6 is 23.5 Å². The molecule has 1 fully saturated rings. The number of hydrogen-bond donors (Lipinski definition) is 6. The number of aromatic nitrogens is 4. The van der Waals surface area contributed by atoms with Gasteiger partial charge in [-0.3, -0.25) is 23.4 Å². The summed E-state index contributed by atoms with van der Waals surface area (Å²) in [6, 6.07) is 0. The maximum Gasteiger partial charge on any atom is 0.490 e. The third kappa shape index (κ3) is 5.98. The van der Waals surface area contributed by atoms with Crippen molar-refractivity contribution in [3.05, 3.63) is 16.7 Å². The number of rotatable bonds is 10. The number of imidazole rings is 1. The van der Waals surface area contributed by atoms with Gasteiger partial charge in [-0.15, -0.1) is 0 Å². The molecule has 7 N–H and O–H groups in total. The number of anilines is 1. The number of aliphatic hydroxyl groups excluding tert-OH is 1. The highest BCUT2D eigenvalue weighted by Crippen LogP contribution is 2.67. The monoisotopic (exact) mass is 551 g/mol. The molecule has 1 saturated heterocycles. The molecular weight excluding hydrogens is 531 g/mol. The number of ether oxygens (including phenoxy) is 2. The summed E-state index contributed by atoms with van der Waals surface area (Å²) in [6.45, 7) is -0.894. The Balaban J connectivity index is 1.75. The zero-order chi connectivity index (χ0) is 25.5. The van der Waals surface area contributed by atoms with Crippen LogP contribution in [0.4, 0.5) is 5.95 Å².